The van der Waals surface area contributed by atoms with E-state index in [9.17, 15) is 8.78 Å². The normalized spacial score (nSPS) is 27.7. The second-order valence-electron chi connectivity index (χ2n) is 6.64. The van der Waals surface area contributed by atoms with Gasteiger partial charge < -0.3 is 4.74 Å². The van der Waals surface area contributed by atoms with E-state index in [0.717, 1.165) is 13.1 Å². The minimum Gasteiger partial charge on any atom is -0.374 e. The second kappa shape index (κ2) is 4.69. The molecule has 0 bridgehead atoms. The summed E-state index contributed by atoms with van der Waals surface area (Å²) in [7, 11) is 0. The summed E-state index contributed by atoms with van der Waals surface area (Å²) < 4.78 is 31.2. The molecule has 0 N–H and O–H groups in total. The molecule has 2 fully saturated rings. The summed E-state index contributed by atoms with van der Waals surface area (Å²) in [5.41, 5.74) is 0.199. The molecule has 5 heteroatoms. The van der Waals surface area contributed by atoms with Crippen LogP contribution in [0.5, 0.6) is 0 Å². The highest BCUT2D eigenvalue weighted by Crippen LogP contribution is 2.29. The van der Waals surface area contributed by atoms with Gasteiger partial charge in [0, 0.05) is 24.7 Å². The van der Waals surface area contributed by atoms with E-state index in [1.165, 1.54) is 0 Å². The molecule has 2 saturated heterocycles. The van der Waals surface area contributed by atoms with E-state index in [-0.39, 0.29) is 30.8 Å². The molecule has 1 unspecified atom stereocenters. The van der Waals surface area contributed by atoms with Crippen LogP contribution in [0.25, 0.3) is 0 Å². The minimum absolute atomic E-state index is 0.0910. The van der Waals surface area contributed by atoms with Crippen molar-refractivity contribution in [1.82, 2.24) is 9.80 Å². The van der Waals surface area contributed by atoms with Crippen molar-refractivity contribution in [2.45, 2.75) is 51.3 Å². The van der Waals surface area contributed by atoms with Crippen LogP contribution in [0.2, 0.25) is 0 Å². The Morgan fingerprint density at radius 2 is 1.83 bits per heavy atom. The molecule has 0 radical (unpaired) electrons. The van der Waals surface area contributed by atoms with E-state index in [2.05, 4.69) is 25.7 Å². The molecule has 106 valence electrons. The van der Waals surface area contributed by atoms with Gasteiger partial charge in [0.05, 0.1) is 25.8 Å². The molecule has 3 nitrogen and oxygen atoms in total. The van der Waals surface area contributed by atoms with E-state index in [1.807, 2.05) is 6.92 Å². The highest BCUT2D eigenvalue weighted by molar-refractivity contribution is 4.92. The summed E-state index contributed by atoms with van der Waals surface area (Å²) >= 11 is 0. The predicted octanol–water partition coefficient (Wildman–Crippen LogP) is 1.83. The Bertz CT molecular complexity index is 290. The first-order valence-electron chi connectivity index (χ1n) is 6.66. The number of rotatable bonds is 4. The van der Waals surface area contributed by atoms with Crippen molar-refractivity contribution in [2.75, 3.05) is 32.8 Å². The molecule has 2 heterocycles. The summed E-state index contributed by atoms with van der Waals surface area (Å²) in [6.45, 7) is 10.7. The molecule has 2 rings (SSSR count). The van der Waals surface area contributed by atoms with Gasteiger partial charge in [0.25, 0.3) is 5.92 Å². The lowest BCUT2D eigenvalue weighted by molar-refractivity contribution is -0.161. The third-order valence-corrected chi connectivity index (χ3v) is 3.86. The summed E-state index contributed by atoms with van der Waals surface area (Å²) in [6.07, 6.45) is 0.272. The summed E-state index contributed by atoms with van der Waals surface area (Å²) in [6, 6.07) is 0.0910. The van der Waals surface area contributed by atoms with Crippen LogP contribution in [0, 0.1) is 0 Å². The Balaban J connectivity index is 1.60. The average Bonchev–Trinajstić information content (AvgIpc) is 2.08. The van der Waals surface area contributed by atoms with E-state index in [0.29, 0.717) is 6.61 Å². The van der Waals surface area contributed by atoms with Crippen molar-refractivity contribution < 1.29 is 13.5 Å². The Morgan fingerprint density at radius 1 is 1.28 bits per heavy atom. The zero-order valence-electron chi connectivity index (χ0n) is 11.7. The zero-order valence-corrected chi connectivity index (χ0v) is 11.7. The zero-order chi connectivity index (χ0) is 13.6. The van der Waals surface area contributed by atoms with Crippen LogP contribution in [0.15, 0.2) is 0 Å². The SMILES string of the molecule is CC(COC1CN(C(C)(C)C)C1)N1CC(F)(F)C1. The van der Waals surface area contributed by atoms with Crippen molar-refractivity contribution in [3.63, 3.8) is 0 Å². The smallest absolute Gasteiger partial charge is 0.272 e. The van der Waals surface area contributed by atoms with Crippen LogP contribution < -0.4 is 0 Å². The number of nitrogens with zero attached hydrogens (tertiary/aromatic N) is 2. The van der Waals surface area contributed by atoms with Crippen LogP contribution in [0.4, 0.5) is 8.78 Å². The average molecular weight is 262 g/mol. The molecule has 0 amide bonds. The van der Waals surface area contributed by atoms with Gasteiger partial charge in [-0.2, -0.15) is 0 Å². The quantitative estimate of drug-likeness (QED) is 0.768. The second-order valence-corrected chi connectivity index (χ2v) is 6.64. The van der Waals surface area contributed by atoms with Crippen molar-refractivity contribution in [3.05, 3.63) is 0 Å². The fourth-order valence-corrected chi connectivity index (χ4v) is 2.33. The summed E-state index contributed by atoms with van der Waals surface area (Å²) in [5, 5.41) is 0. The van der Waals surface area contributed by atoms with Gasteiger partial charge >= 0.3 is 0 Å². The van der Waals surface area contributed by atoms with Crippen molar-refractivity contribution in [1.29, 1.82) is 0 Å². The van der Waals surface area contributed by atoms with Gasteiger partial charge in [-0.25, -0.2) is 8.78 Å². The molecule has 1 atom stereocenters. The molecule has 0 aromatic carbocycles. The van der Waals surface area contributed by atoms with Crippen LogP contribution in [-0.4, -0.2) is 66.2 Å². The number of likely N-dealkylation sites (tertiary alicyclic amines) is 2. The Morgan fingerprint density at radius 3 is 2.28 bits per heavy atom. The number of ether oxygens (including phenoxy) is 1. The molecule has 0 spiro atoms. The molecule has 2 aliphatic heterocycles. The van der Waals surface area contributed by atoms with Gasteiger partial charge in [0.1, 0.15) is 0 Å². The van der Waals surface area contributed by atoms with Gasteiger partial charge in [0.15, 0.2) is 0 Å². The fraction of sp³-hybridized carbons (Fsp3) is 1.00. The van der Waals surface area contributed by atoms with Gasteiger partial charge in [-0.15, -0.1) is 0 Å². The van der Waals surface area contributed by atoms with Crippen LogP contribution in [0.1, 0.15) is 27.7 Å². The van der Waals surface area contributed by atoms with Crippen LogP contribution in [-0.2, 0) is 4.74 Å². The van der Waals surface area contributed by atoms with Gasteiger partial charge in [0.2, 0.25) is 0 Å². The number of alkyl halides is 2. The first-order chi connectivity index (χ1) is 8.17. The maximum atomic E-state index is 12.7. The van der Waals surface area contributed by atoms with Gasteiger partial charge in [-0.05, 0) is 27.7 Å². The molecular formula is C13H24F2N2O. The highest BCUT2D eigenvalue weighted by Gasteiger charge is 2.45. The first-order valence-corrected chi connectivity index (χ1v) is 6.66. The van der Waals surface area contributed by atoms with Crippen molar-refractivity contribution in [2.24, 2.45) is 0 Å². The first kappa shape index (κ1) is 14.2. The van der Waals surface area contributed by atoms with E-state index < -0.39 is 5.92 Å². The Labute approximate surface area is 108 Å². The van der Waals surface area contributed by atoms with Crippen molar-refractivity contribution >= 4 is 0 Å². The lowest BCUT2D eigenvalue weighted by Gasteiger charge is -2.48. The van der Waals surface area contributed by atoms with E-state index in [1.54, 1.807) is 4.90 Å². The molecular weight excluding hydrogens is 238 g/mol. The molecule has 2 aliphatic rings. The number of hydrogen-bond acceptors (Lipinski definition) is 3. The molecule has 0 aliphatic carbocycles. The summed E-state index contributed by atoms with van der Waals surface area (Å²) in [4.78, 5) is 4.14. The lowest BCUT2D eigenvalue weighted by atomic mass is 9.99. The van der Waals surface area contributed by atoms with Gasteiger partial charge in [-0.1, -0.05) is 0 Å². The Hall–Kier alpha value is -0.260. The maximum absolute atomic E-state index is 12.7. The third kappa shape index (κ3) is 3.19. The largest absolute Gasteiger partial charge is 0.374 e. The molecule has 18 heavy (non-hydrogen) atoms. The number of halogens is 2. The Kier molecular flexibility index (Phi) is 3.69. The summed E-state index contributed by atoms with van der Waals surface area (Å²) in [5.74, 6) is -2.48. The monoisotopic (exact) mass is 262 g/mol. The molecule has 0 aromatic heterocycles. The predicted molar refractivity (Wildman–Crippen MR) is 67.0 cm³/mol. The fourth-order valence-electron chi connectivity index (χ4n) is 2.33. The van der Waals surface area contributed by atoms with Crippen LogP contribution >= 0.6 is 0 Å². The van der Waals surface area contributed by atoms with Gasteiger partial charge in [-0.3, -0.25) is 9.80 Å². The minimum atomic E-state index is -2.48. The van der Waals surface area contributed by atoms with Crippen molar-refractivity contribution in [3.8, 4) is 0 Å². The maximum Gasteiger partial charge on any atom is 0.272 e. The lowest BCUT2D eigenvalue weighted by Crippen LogP contribution is -2.62. The van der Waals surface area contributed by atoms with E-state index >= 15 is 0 Å². The molecule has 0 saturated carbocycles. The molecule has 0 aromatic rings. The third-order valence-electron chi connectivity index (χ3n) is 3.86. The number of hydrogen-bond donors (Lipinski definition) is 0. The standard InChI is InChI=1S/C13H24F2N2O/c1-10(16-8-13(14,15)9-16)7-18-11-5-17(6-11)12(2,3)4/h10-11H,5-9H2,1-4H3. The van der Waals surface area contributed by atoms with E-state index in [4.69, 9.17) is 4.74 Å². The topological polar surface area (TPSA) is 15.7 Å². The highest BCUT2D eigenvalue weighted by atomic mass is 19.3. The van der Waals surface area contributed by atoms with Crippen LogP contribution in [0.3, 0.4) is 0 Å².